The number of fused-ring (bicyclic) bond motifs is 1. The third-order valence-corrected chi connectivity index (χ3v) is 4.44. The molecule has 27 heavy (non-hydrogen) atoms. The molecule has 1 aromatic carbocycles. The van der Waals surface area contributed by atoms with Crippen LogP contribution >= 0.6 is 0 Å². The number of rotatable bonds is 7. The van der Waals surface area contributed by atoms with E-state index >= 15 is 0 Å². The minimum atomic E-state index is -0.549. The van der Waals surface area contributed by atoms with E-state index in [2.05, 4.69) is 34.7 Å². The number of nitrogens with zero attached hydrogens (tertiary/aromatic N) is 4. The van der Waals surface area contributed by atoms with E-state index in [9.17, 15) is 4.79 Å². The fraction of sp³-hybridized carbons (Fsp3) is 0.444. The van der Waals surface area contributed by atoms with E-state index in [1.807, 2.05) is 18.2 Å². The van der Waals surface area contributed by atoms with E-state index < -0.39 is 11.9 Å². The van der Waals surface area contributed by atoms with E-state index in [0.29, 0.717) is 41.2 Å². The van der Waals surface area contributed by atoms with Crippen molar-refractivity contribution in [1.82, 2.24) is 20.2 Å². The zero-order chi connectivity index (χ0) is 19.6. The number of nitrogens with one attached hydrogen (secondary N) is 1. The summed E-state index contributed by atoms with van der Waals surface area (Å²) < 4.78 is 12.9. The van der Waals surface area contributed by atoms with Crippen LogP contribution in [-0.4, -0.2) is 39.8 Å². The number of carbonyl (C=O) groups is 1. The molecular weight excluding hydrogens is 348 g/mol. The van der Waals surface area contributed by atoms with Gasteiger partial charge in [-0.15, -0.1) is 0 Å². The van der Waals surface area contributed by atoms with Crippen LogP contribution in [-0.2, 0) is 4.79 Å². The number of allylic oxidation sites excluding steroid dienone is 1. The van der Waals surface area contributed by atoms with Crippen LogP contribution in [0.4, 0.5) is 5.95 Å². The molecule has 0 unspecified atom stereocenters. The third kappa shape index (κ3) is 3.71. The highest BCUT2D eigenvalue weighted by molar-refractivity contribution is 5.95. The minimum absolute atomic E-state index is 0.394. The summed E-state index contributed by atoms with van der Waals surface area (Å²) in [5, 5.41) is 14.6. The van der Waals surface area contributed by atoms with Crippen molar-refractivity contribution < 1.29 is 14.3 Å². The molecule has 3 N–H and O–H groups in total. The number of benzene rings is 1. The molecule has 1 aliphatic rings. The SMILES string of the molecule is COc1cc([C@@H]2C(C(N)=O)=C(C)Nc3nnnn32)ccc1OCCC(C)C. The maximum Gasteiger partial charge on any atom is 0.248 e. The van der Waals surface area contributed by atoms with Crippen LogP contribution in [0.15, 0.2) is 29.5 Å². The second-order valence-corrected chi connectivity index (χ2v) is 6.82. The number of hydrogen-bond acceptors (Lipinski definition) is 7. The Kier molecular flexibility index (Phi) is 5.29. The molecular formula is C18H24N6O3. The van der Waals surface area contributed by atoms with Crippen molar-refractivity contribution in [3.8, 4) is 11.5 Å². The van der Waals surface area contributed by atoms with Gasteiger partial charge in [0.25, 0.3) is 0 Å². The summed E-state index contributed by atoms with van der Waals surface area (Å²) in [6.45, 7) is 6.66. The lowest BCUT2D eigenvalue weighted by molar-refractivity contribution is -0.115. The van der Waals surface area contributed by atoms with Crippen LogP contribution in [0, 0.1) is 5.92 Å². The summed E-state index contributed by atoms with van der Waals surface area (Å²) in [4.78, 5) is 12.1. The van der Waals surface area contributed by atoms with E-state index in [-0.39, 0.29) is 0 Å². The Morgan fingerprint density at radius 3 is 2.81 bits per heavy atom. The first-order chi connectivity index (χ1) is 12.9. The van der Waals surface area contributed by atoms with Gasteiger partial charge in [-0.2, -0.15) is 4.68 Å². The summed E-state index contributed by atoms with van der Waals surface area (Å²) in [7, 11) is 1.58. The van der Waals surface area contributed by atoms with Gasteiger partial charge < -0.3 is 20.5 Å². The Hall–Kier alpha value is -3.10. The average Bonchev–Trinajstić information content (AvgIpc) is 3.08. The highest BCUT2D eigenvalue weighted by Gasteiger charge is 2.33. The van der Waals surface area contributed by atoms with Gasteiger partial charge in [0.1, 0.15) is 6.04 Å². The number of methoxy groups -OCH3 is 1. The van der Waals surface area contributed by atoms with Gasteiger partial charge in [0.2, 0.25) is 11.9 Å². The van der Waals surface area contributed by atoms with Gasteiger partial charge in [0.05, 0.1) is 19.3 Å². The predicted octanol–water partition coefficient (Wildman–Crippen LogP) is 1.88. The fourth-order valence-electron chi connectivity index (χ4n) is 3.02. The third-order valence-electron chi connectivity index (χ3n) is 4.44. The molecule has 0 aliphatic carbocycles. The van der Waals surface area contributed by atoms with E-state index in [1.54, 1.807) is 14.0 Å². The summed E-state index contributed by atoms with van der Waals surface area (Å²) in [6.07, 6.45) is 0.945. The number of ether oxygens (including phenoxy) is 2. The van der Waals surface area contributed by atoms with Gasteiger partial charge in [0.15, 0.2) is 11.5 Å². The summed E-state index contributed by atoms with van der Waals surface area (Å²) in [5.74, 6) is 1.68. The first kappa shape index (κ1) is 18.7. The molecule has 1 aromatic heterocycles. The van der Waals surface area contributed by atoms with Gasteiger partial charge >= 0.3 is 0 Å². The molecule has 9 nitrogen and oxygen atoms in total. The monoisotopic (exact) mass is 372 g/mol. The molecule has 9 heteroatoms. The normalized spacial score (nSPS) is 16.1. The summed E-state index contributed by atoms with van der Waals surface area (Å²) >= 11 is 0. The molecule has 3 rings (SSSR count). The van der Waals surface area contributed by atoms with Crippen LogP contribution in [0.25, 0.3) is 0 Å². The first-order valence-corrected chi connectivity index (χ1v) is 8.78. The standard InChI is InChI=1S/C18H24N6O3/c1-10(2)7-8-27-13-6-5-12(9-14(13)26-4)16-15(17(19)25)11(3)20-18-21-22-23-24(16)18/h5-6,9-10,16H,7-8H2,1-4H3,(H2,19,25)(H,20,21,23)/t16-/m1/s1. The number of hydrogen-bond donors (Lipinski definition) is 2. The number of nitrogens with two attached hydrogens (primary N) is 1. The number of carbonyl (C=O) groups excluding carboxylic acids is 1. The molecule has 2 heterocycles. The largest absolute Gasteiger partial charge is 0.493 e. The maximum absolute atomic E-state index is 12.1. The van der Waals surface area contributed by atoms with Crippen molar-refractivity contribution in [2.45, 2.75) is 33.2 Å². The Morgan fingerprint density at radius 1 is 1.37 bits per heavy atom. The van der Waals surface area contributed by atoms with Crippen molar-refractivity contribution >= 4 is 11.9 Å². The molecule has 1 atom stereocenters. The second-order valence-electron chi connectivity index (χ2n) is 6.82. The molecule has 1 aliphatic heterocycles. The highest BCUT2D eigenvalue weighted by Crippen LogP contribution is 2.38. The quantitative estimate of drug-likeness (QED) is 0.762. The fourth-order valence-corrected chi connectivity index (χ4v) is 3.02. The average molecular weight is 372 g/mol. The molecule has 0 fully saturated rings. The lowest BCUT2D eigenvalue weighted by Crippen LogP contribution is -2.31. The van der Waals surface area contributed by atoms with Gasteiger partial charge in [-0.05, 0) is 47.4 Å². The zero-order valence-electron chi connectivity index (χ0n) is 15.9. The van der Waals surface area contributed by atoms with Crippen LogP contribution in [0.5, 0.6) is 11.5 Å². The van der Waals surface area contributed by atoms with Gasteiger partial charge in [-0.3, -0.25) is 4.79 Å². The van der Waals surface area contributed by atoms with E-state index in [0.717, 1.165) is 12.0 Å². The van der Waals surface area contributed by atoms with Crippen LogP contribution in [0.1, 0.15) is 38.8 Å². The van der Waals surface area contributed by atoms with Gasteiger partial charge in [-0.1, -0.05) is 25.0 Å². The van der Waals surface area contributed by atoms with Gasteiger partial charge in [-0.25, -0.2) is 0 Å². The van der Waals surface area contributed by atoms with E-state index in [1.165, 1.54) is 4.68 Å². The van der Waals surface area contributed by atoms with Crippen molar-refractivity contribution in [2.24, 2.45) is 11.7 Å². The molecule has 1 amide bonds. The lowest BCUT2D eigenvalue weighted by atomic mass is 9.95. The zero-order valence-corrected chi connectivity index (χ0v) is 15.9. The Bertz CT molecular complexity index is 874. The number of primary amides is 1. The number of aromatic nitrogens is 4. The van der Waals surface area contributed by atoms with Crippen molar-refractivity contribution in [2.75, 3.05) is 19.0 Å². The molecule has 0 spiro atoms. The first-order valence-electron chi connectivity index (χ1n) is 8.78. The molecule has 0 bridgehead atoms. The summed E-state index contributed by atoms with van der Waals surface area (Å²) in [5.41, 5.74) is 7.41. The maximum atomic E-state index is 12.1. The Labute approximate surface area is 157 Å². The van der Waals surface area contributed by atoms with Crippen LogP contribution in [0.3, 0.4) is 0 Å². The van der Waals surface area contributed by atoms with Gasteiger partial charge in [0, 0.05) is 5.70 Å². The topological polar surface area (TPSA) is 117 Å². The molecule has 0 radical (unpaired) electrons. The second kappa shape index (κ2) is 7.65. The number of tetrazole rings is 1. The molecule has 144 valence electrons. The van der Waals surface area contributed by atoms with Crippen LogP contribution < -0.4 is 20.5 Å². The Morgan fingerprint density at radius 2 is 2.15 bits per heavy atom. The number of anilines is 1. The minimum Gasteiger partial charge on any atom is -0.493 e. The number of amides is 1. The molecule has 2 aromatic rings. The predicted molar refractivity (Wildman–Crippen MR) is 99.4 cm³/mol. The smallest absolute Gasteiger partial charge is 0.248 e. The Balaban J connectivity index is 1.98. The van der Waals surface area contributed by atoms with E-state index in [4.69, 9.17) is 15.2 Å². The van der Waals surface area contributed by atoms with Crippen molar-refractivity contribution in [3.05, 3.63) is 35.0 Å². The molecule has 0 saturated heterocycles. The lowest BCUT2D eigenvalue weighted by Gasteiger charge is -2.27. The summed E-state index contributed by atoms with van der Waals surface area (Å²) in [6, 6.07) is 4.97. The van der Waals surface area contributed by atoms with Crippen LogP contribution in [0.2, 0.25) is 0 Å². The van der Waals surface area contributed by atoms with Crippen molar-refractivity contribution in [1.29, 1.82) is 0 Å². The molecule has 0 saturated carbocycles. The van der Waals surface area contributed by atoms with Crippen molar-refractivity contribution in [3.63, 3.8) is 0 Å². The highest BCUT2D eigenvalue weighted by atomic mass is 16.5.